The zero-order valence-corrected chi connectivity index (χ0v) is 15.1. The largest absolute Gasteiger partial charge is 0.334 e. The van der Waals surface area contributed by atoms with Crippen molar-refractivity contribution in [2.75, 3.05) is 18.1 Å². The van der Waals surface area contributed by atoms with E-state index in [2.05, 4.69) is 29.1 Å². The van der Waals surface area contributed by atoms with Crippen molar-refractivity contribution in [3.05, 3.63) is 39.8 Å². The molecule has 2 fully saturated rings. The molecule has 1 amide bonds. The molecular weight excluding hydrogens is 326 g/mol. The number of hydrogen-bond donors (Lipinski definition) is 0. The standard InChI is InChI=1S/C17H21N3OS2/c1-11-3-4-16(23-11)13-7-14(13)17(21)20-5-6-22-10-15(20)12-8-18-19(2)9-12/h3-4,8-9,13-15H,5-7,10H2,1-2H3. The topological polar surface area (TPSA) is 38.1 Å². The highest BCUT2D eigenvalue weighted by Crippen LogP contribution is 2.51. The normalized spacial score (nSPS) is 27.2. The number of carbonyl (C=O) groups is 1. The minimum atomic E-state index is 0.182. The van der Waals surface area contributed by atoms with Gasteiger partial charge in [-0.1, -0.05) is 0 Å². The van der Waals surface area contributed by atoms with Crippen LogP contribution in [0.1, 0.15) is 33.7 Å². The molecule has 3 heterocycles. The smallest absolute Gasteiger partial charge is 0.226 e. The summed E-state index contributed by atoms with van der Waals surface area (Å²) in [6.07, 6.45) is 4.97. The molecule has 1 saturated carbocycles. The summed E-state index contributed by atoms with van der Waals surface area (Å²) in [5, 5.41) is 4.28. The van der Waals surface area contributed by atoms with Gasteiger partial charge in [0.25, 0.3) is 0 Å². The van der Waals surface area contributed by atoms with Crippen LogP contribution in [0.5, 0.6) is 0 Å². The molecule has 6 heteroatoms. The zero-order valence-electron chi connectivity index (χ0n) is 13.4. The molecule has 4 nitrogen and oxygen atoms in total. The van der Waals surface area contributed by atoms with E-state index in [1.807, 2.05) is 47.2 Å². The highest BCUT2D eigenvalue weighted by molar-refractivity contribution is 7.99. The van der Waals surface area contributed by atoms with Gasteiger partial charge >= 0.3 is 0 Å². The Morgan fingerprint density at radius 1 is 1.39 bits per heavy atom. The molecule has 1 saturated heterocycles. The third kappa shape index (κ3) is 2.94. The van der Waals surface area contributed by atoms with Crippen LogP contribution in [-0.4, -0.2) is 38.6 Å². The van der Waals surface area contributed by atoms with Gasteiger partial charge in [0.2, 0.25) is 5.91 Å². The highest BCUT2D eigenvalue weighted by atomic mass is 32.2. The number of aromatic nitrogens is 2. The fourth-order valence-electron chi connectivity index (χ4n) is 3.40. The van der Waals surface area contributed by atoms with Gasteiger partial charge in [0, 0.05) is 58.4 Å². The van der Waals surface area contributed by atoms with Gasteiger partial charge in [-0.3, -0.25) is 9.48 Å². The molecule has 3 unspecified atom stereocenters. The number of carbonyl (C=O) groups excluding carboxylic acids is 1. The van der Waals surface area contributed by atoms with Gasteiger partial charge in [0.05, 0.1) is 12.2 Å². The van der Waals surface area contributed by atoms with Gasteiger partial charge in [-0.25, -0.2) is 0 Å². The minimum Gasteiger partial charge on any atom is -0.334 e. The van der Waals surface area contributed by atoms with Crippen LogP contribution in [0.25, 0.3) is 0 Å². The summed E-state index contributed by atoms with van der Waals surface area (Å²) in [6.45, 7) is 2.99. The fourth-order valence-corrected chi connectivity index (χ4v) is 5.55. The molecule has 0 N–H and O–H groups in total. The van der Waals surface area contributed by atoms with Gasteiger partial charge in [-0.05, 0) is 25.5 Å². The fraction of sp³-hybridized carbons (Fsp3) is 0.529. The molecular formula is C17H21N3OS2. The van der Waals surface area contributed by atoms with Crippen molar-refractivity contribution >= 4 is 29.0 Å². The van der Waals surface area contributed by atoms with E-state index in [0.29, 0.717) is 11.8 Å². The maximum absolute atomic E-state index is 13.0. The van der Waals surface area contributed by atoms with Gasteiger partial charge in [-0.15, -0.1) is 11.3 Å². The number of amides is 1. The molecule has 23 heavy (non-hydrogen) atoms. The number of thioether (sulfide) groups is 1. The lowest BCUT2D eigenvalue weighted by atomic mass is 10.1. The van der Waals surface area contributed by atoms with Crippen LogP contribution >= 0.6 is 23.1 Å². The number of hydrogen-bond acceptors (Lipinski definition) is 4. The van der Waals surface area contributed by atoms with Gasteiger partial charge in [0.15, 0.2) is 0 Å². The van der Waals surface area contributed by atoms with Crippen LogP contribution in [0.3, 0.4) is 0 Å². The summed E-state index contributed by atoms with van der Waals surface area (Å²) in [5.74, 6) is 3.00. The van der Waals surface area contributed by atoms with Crippen LogP contribution in [0.15, 0.2) is 24.5 Å². The van der Waals surface area contributed by atoms with E-state index in [1.54, 1.807) is 0 Å². The lowest BCUT2D eigenvalue weighted by Gasteiger charge is -2.35. The molecule has 0 bridgehead atoms. The summed E-state index contributed by atoms with van der Waals surface area (Å²) in [6, 6.07) is 4.54. The quantitative estimate of drug-likeness (QED) is 0.856. The van der Waals surface area contributed by atoms with Gasteiger partial charge in [0.1, 0.15) is 0 Å². The van der Waals surface area contributed by atoms with E-state index in [-0.39, 0.29) is 12.0 Å². The van der Waals surface area contributed by atoms with E-state index in [4.69, 9.17) is 0 Å². The number of thiophene rings is 1. The van der Waals surface area contributed by atoms with Crippen LogP contribution in [0.4, 0.5) is 0 Å². The molecule has 0 spiro atoms. The van der Waals surface area contributed by atoms with Crippen LogP contribution in [0.2, 0.25) is 0 Å². The Balaban J connectivity index is 1.50. The molecule has 122 valence electrons. The average molecular weight is 348 g/mol. The van der Waals surface area contributed by atoms with Crippen molar-refractivity contribution in [1.29, 1.82) is 0 Å². The first-order chi connectivity index (χ1) is 11.1. The second kappa shape index (κ2) is 5.98. The number of aryl methyl sites for hydroxylation is 2. The molecule has 1 aliphatic carbocycles. The van der Waals surface area contributed by atoms with E-state index in [0.717, 1.165) is 30.0 Å². The van der Waals surface area contributed by atoms with Crippen LogP contribution in [-0.2, 0) is 11.8 Å². The van der Waals surface area contributed by atoms with Crippen molar-refractivity contribution in [1.82, 2.24) is 14.7 Å². The lowest BCUT2D eigenvalue weighted by Crippen LogP contribution is -2.41. The number of rotatable bonds is 3. The predicted octanol–water partition coefficient (Wildman–Crippen LogP) is 3.21. The average Bonchev–Trinajstić information content (AvgIpc) is 3.05. The minimum absolute atomic E-state index is 0.182. The Morgan fingerprint density at radius 3 is 2.96 bits per heavy atom. The summed E-state index contributed by atoms with van der Waals surface area (Å²) in [7, 11) is 1.93. The first kappa shape index (κ1) is 15.3. The Hall–Kier alpha value is -1.27. The Labute approximate surface area is 144 Å². The Kier molecular flexibility index (Phi) is 3.97. The van der Waals surface area contributed by atoms with Crippen molar-refractivity contribution in [2.24, 2.45) is 13.0 Å². The summed E-state index contributed by atoms with van der Waals surface area (Å²) >= 11 is 3.77. The second-order valence-electron chi connectivity index (χ2n) is 6.47. The molecule has 2 aliphatic rings. The van der Waals surface area contributed by atoms with E-state index >= 15 is 0 Å². The van der Waals surface area contributed by atoms with Gasteiger partial charge < -0.3 is 4.90 Å². The third-order valence-electron chi connectivity index (χ3n) is 4.76. The highest BCUT2D eigenvalue weighted by Gasteiger charge is 2.48. The first-order valence-corrected chi connectivity index (χ1v) is 10.0. The van der Waals surface area contributed by atoms with E-state index < -0.39 is 0 Å². The number of nitrogens with zero attached hydrogens (tertiary/aromatic N) is 3. The van der Waals surface area contributed by atoms with Crippen LogP contribution < -0.4 is 0 Å². The third-order valence-corrected chi connectivity index (χ3v) is 6.91. The summed E-state index contributed by atoms with van der Waals surface area (Å²) in [4.78, 5) is 17.9. The molecule has 1 aliphatic heterocycles. The Morgan fingerprint density at radius 2 is 2.26 bits per heavy atom. The molecule has 0 aromatic carbocycles. The Bertz CT molecular complexity index is 723. The summed E-state index contributed by atoms with van der Waals surface area (Å²) in [5.41, 5.74) is 1.16. The van der Waals surface area contributed by atoms with Gasteiger partial charge in [-0.2, -0.15) is 16.9 Å². The molecule has 0 radical (unpaired) electrons. The van der Waals surface area contributed by atoms with E-state index in [1.165, 1.54) is 9.75 Å². The van der Waals surface area contributed by atoms with Crippen molar-refractivity contribution in [3.63, 3.8) is 0 Å². The molecule has 3 atom stereocenters. The zero-order chi connectivity index (χ0) is 16.0. The van der Waals surface area contributed by atoms with Crippen LogP contribution in [0, 0.1) is 12.8 Å². The second-order valence-corrected chi connectivity index (χ2v) is 8.94. The summed E-state index contributed by atoms with van der Waals surface area (Å²) < 4.78 is 1.83. The van der Waals surface area contributed by atoms with E-state index in [9.17, 15) is 4.79 Å². The first-order valence-electron chi connectivity index (χ1n) is 8.06. The molecule has 2 aromatic heterocycles. The maximum atomic E-state index is 13.0. The van der Waals surface area contributed by atoms with Crippen molar-refractivity contribution in [2.45, 2.75) is 25.3 Å². The monoisotopic (exact) mass is 347 g/mol. The van der Waals surface area contributed by atoms with Crippen molar-refractivity contribution in [3.8, 4) is 0 Å². The maximum Gasteiger partial charge on any atom is 0.226 e. The lowest BCUT2D eigenvalue weighted by molar-refractivity contribution is -0.134. The molecule has 2 aromatic rings. The van der Waals surface area contributed by atoms with Crippen molar-refractivity contribution < 1.29 is 4.79 Å². The molecule has 4 rings (SSSR count). The predicted molar refractivity (Wildman–Crippen MR) is 94.9 cm³/mol. The SMILES string of the molecule is Cc1ccc(C2CC2C(=O)N2CCSCC2c2cnn(C)c2)s1.